The van der Waals surface area contributed by atoms with E-state index < -0.39 is 0 Å². The quantitative estimate of drug-likeness (QED) is 0.196. The van der Waals surface area contributed by atoms with E-state index in [9.17, 15) is 9.59 Å². The summed E-state index contributed by atoms with van der Waals surface area (Å²) in [6, 6.07) is 14.2. The number of methoxy groups -OCH3 is 2. The molecule has 0 bridgehead atoms. The second-order valence-electron chi connectivity index (χ2n) is 10.9. The van der Waals surface area contributed by atoms with Gasteiger partial charge in [-0.1, -0.05) is 63.3 Å². The van der Waals surface area contributed by atoms with Crippen LogP contribution in [-0.4, -0.2) is 59.9 Å². The first-order valence-corrected chi connectivity index (χ1v) is 14.9. The molecule has 1 heterocycles. The van der Waals surface area contributed by atoms with Gasteiger partial charge in [-0.25, -0.2) is 0 Å². The minimum Gasteiger partial charge on any atom is -0.493 e. The molecule has 40 heavy (non-hydrogen) atoms. The number of carbonyl (C=O) groups is 2. The molecule has 0 spiro atoms. The third-order valence-electron chi connectivity index (χ3n) is 7.86. The third kappa shape index (κ3) is 8.03. The first-order valence-electron chi connectivity index (χ1n) is 14.9. The van der Waals surface area contributed by atoms with Crippen LogP contribution in [-0.2, 0) is 22.6 Å². The van der Waals surface area contributed by atoms with Crippen molar-refractivity contribution in [3.8, 4) is 11.5 Å². The fraction of sp³-hybridized carbons (Fsp3) is 0.515. The Balaban J connectivity index is 1.45. The van der Waals surface area contributed by atoms with Crippen LogP contribution in [0.4, 0.5) is 0 Å². The second-order valence-corrected chi connectivity index (χ2v) is 10.9. The van der Waals surface area contributed by atoms with Gasteiger partial charge in [-0.05, 0) is 55.0 Å². The topological polar surface area (TPSA) is 74.9 Å². The third-order valence-corrected chi connectivity index (χ3v) is 7.86. The van der Waals surface area contributed by atoms with Gasteiger partial charge in [0.2, 0.25) is 11.8 Å². The Morgan fingerprint density at radius 1 is 0.925 bits per heavy atom. The number of H-pyrrole nitrogens is 1. The zero-order chi connectivity index (χ0) is 28.3. The number of unbranched alkanes of at least 4 members (excludes halogenated alkanes) is 5. The van der Waals surface area contributed by atoms with Crippen molar-refractivity contribution in [2.24, 2.45) is 0 Å². The smallest absolute Gasteiger partial charge is 0.242 e. The fourth-order valence-corrected chi connectivity index (χ4v) is 5.34. The van der Waals surface area contributed by atoms with Crippen LogP contribution >= 0.6 is 0 Å². The number of aromatic nitrogens is 1. The van der Waals surface area contributed by atoms with E-state index in [1.807, 2.05) is 46.3 Å². The summed E-state index contributed by atoms with van der Waals surface area (Å²) in [4.78, 5) is 34.1. The van der Waals surface area contributed by atoms with Gasteiger partial charge in [0.05, 0.1) is 14.2 Å². The number of hydrogen-bond acceptors (Lipinski definition) is 4. The molecule has 7 heteroatoms. The predicted octanol–water partition coefficient (Wildman–Crippen LogP) is 6.50. The summed E-state index contributed by atoms with van der Waals surface area (Å²) in [5.41, 5.74) is 3.23. The number of rotatable bonds is 17. The van der Waals surface area contributed by atoms with Crippen molar-refractivity contribution < 1.29 is 19.1 Å². The van der Waals surface area contributed by atoms with Crippen LogP contribution in [0, 0.1) is 0 Å². The van der Waals surface area contributed by atoms with E-state index in [1.165, 1.54) is 36.6 Å². The number of hydrogen-bond donors (Lipinski definition) is 1. The summed E-state index contributed by atoms with van der Waals surface area (Å²) in [5, 5.41) is 1.18. The highest BCUT2D eigenvalue weighted by Gasteiger charge is 2.34. The lowest BCUT2D eigenvalue weighted by atomic mass is 10.1. The lowest BCUT2D eigenvalue weighted by Crippen LogP contribution is -2.44. The second kappa shape index (κ2) is 14.8. The molecule has 0 aliphatic heterocycles. The number of nitrogens with one attached hydrogen (secondary N) is 1. The van der Waals surface area contributed by atoms with Gasteiger partial charge in [0.15, 0.2) is 11.5 Å². The molecular weight excluding hydrogens is 502 g/mol. The summed E-state index contributed by atoms with van der Waals surface area (Å²) in [6.07, 6.45) is 12.1. The first kappa shape index (κ1) is 29.5. The Morgan fingerprint density at radius 2 is 1.68 bits per heavy atom. The zero-order valence-electron chi connectivity index (χ0n) is 24.4. The summed E-state index contributed by atoms with van der Waals surface area (Å²) < 4.78 is 10.9. The molecule has 0 radical (unpaired) electrons. The Bertz CT molecular complexity index is 1250. The van der Waals surface area contributed by atoms with Gasteiger partial charge in [-0.3, -0.25) is 9.59 Å². The Labute approximate surface area is 238 Å². The van der Waals surface area contributed by atoms with Crippen molar-refractivity contribution in [2.75, 3.05) is 27.3 Å². The molecule has 1 aliphatic carbocycles. The normalized spacial score (nSPS) is 12.9. The molecule has 3 aromatic rings. The van der Waals surface area contributed by atoms with Crippen molar-refractivity contribution in [3.63, 3.8) is 0 Å². The van der Waals surface area contributed by atoms with Crippen molar-refractivity contribution in [3.05, 3.63) is 59.8 Å². The lowest BCUT2D eigenvalue weighted by Gasteiger charge is -2.28. The van der Waals surface area contributed by atoms with Crippen LogP contribution in [0.5, 0.6) is 11.5 Å². The average Bonchev–Trinajstić information content (AvgIpc) is 3.74. The minimum atomic E-state index is -0.0159. The maximum atomic E-state index is 13.8. The van der Waals surface area contributed by atoms with Crippen LogP contribution in [0.1, 0.15) is 75.8 Å². The summed E-state index contributed by atoms with van der Waals surface area (Å²) >= 11 is 0. The SMILES string of the molecule is CCCCCCCCC(=O)N(CC(=O)N(CCc1c[nH]c2ccccc12)Cc1ccc(OC)c(OC)c1)C1CC1. The Kier molecular flexibility index (Phi) is 10.9. The van der Waals surface area contributed by atoms with E-state index in [1.54, 1.807) is 14.2 Å². The molecule has 1 fully saturated rings. The average molecular weight is 548 g/mol. The molecule has 7 nitrogen and oxygen atoms in total. The van der Waals surface area contributed by atoms with Crippen molar-refractivity contribution in [1.29, 1.82) is 0 Å². The highest BCUT2D eigenvalue weighted by molar-refractivity contribution is 5.86. The van der Waals surface area contributed by atoms with E-state index in [2.05, 4.69) is 24.0 Å². The largest absolute Gasteiger partial charge is 0.493 e. The standard InChI is InChI=1S/C33H45N3O4/c1-4-5-6-7-8-9-14-32(37)36(27-16-17-27)24-33(38)35(23-25-15-18-30(39-2)31(21-25)40-3)20-19-26-22-34-29-13-11-10-12-28(26)29/h10-13,15,18,21-22,27,34H,4-9,14,16-17,19-20,23-24H2,1-3H3. The fourth-order valence-electron chi connectivity index (χ4n) is 5.34. The molecule has 216 valence electrons. The van der Waals surface area contributed by atoms with Crippen molar-refractivity contribution in [1.82, 2.24) is 14.8 Å². The van der Waals surface area contributed by atoms with Gasteiger partial charge < -0.3 is 24.3 Å². The molecule has 0 unspecified atom stereocenters. The predicted molar refractivity (Wildman–Crippen MR) is 160 cm³/mol. The number of amides is 2. The molecule has 0 saturated heterocycles. The number of para-hydroxylation sites is 1. The maximum Gasteiger partial charge on any atom is 0.242 e. The molecular formula is C33H45N3O4. The molecule has 1 saturated carbocycles. The summed E-state index contributed by atoms with van der Waals surface area (Å²) in [7, 11) is 3.23. The number of benzene rings is 2. The van der Waals surface area contributed by atoms with Gasteiger partial charge in [0.1, 0.15) is 6.54 Å². The van der Waals surface area contributed by atoms with Crippen LogP contribution in [0.15, 0.2) is 48.7 Å². The van der Waals surface area contributed by atoms with E-state index >= 15 is 0 Å². The summed E-state index contributed by atoms with van der Waals surface area (Å²) in [6.45, 7) is 3.34. The number of nitrogens with zero attached hydrogens (tertiary/aromatic N) is 2. The molecule has 2 aromatic carbocycles. The van der Waals surface area contributed by atoms with E-state index in [0.29, 0.717) is 31.0 Å². The molecule has 1 aliphatic rings. The van der Waals surface area contributed by atoms with E-state index in [-0.39, 0.29) is 24.4 Å². The van der Waals surface area contributed by atoms with E-state index in [0.717, 1.165) is 43.2 Å². The molecule has 1 N–H and O–H groups in total. The van der Waals surface area contributed by atoms with Gasteiger partial charge in [0.25, 0.3) is 0 Å². The number of aromatic amines is 1. The van der Waals surface area contributed by atoms with Gasteiger partial charge >= 0.3 is 0 Å². The molecule has 2 amide bonds. The van der Waals surface area contributed by atoms with Crippen LogP contribution in [0.3, 0.4) is 0 Å². The first-order chi connectivity index (χ1) is 19.5. The van der Waals surface area contributed by atoms with E-state index in [4.69, 9.17) is 9.47 Å². The van der Waals surface area contributed by atoms with Crippen LogP contribution in [0.2, 0.25) is 0 Å². The number of ether oxygens (including phenoxy) is 2. The van der Waals surface area contributed by atoms with Crippen LogP contribution in [0.25, 0.3) is 10.9 Å². The highest BCUT2D eigenvalue weighted by Crippen LogP contribution is 2.30. The Morgan fingerprint density at radius 3 is 2.42 bits per heavy atom. The minimum absolute atomic E-state index is 0.0159. The lowest BCUT2D eigenvalue weighted by molar-refractivity contribution is -0.141. The van der Waals surface area contributed by atoms with Crippen molar-refractivity contribution >= 4 is 22.7 Å². The Hall–Kier alpha value is -3.48. The van der Waals surface area contributed by atoms with Gasteiger partial charge in [0, 0.05) is 42.7 Å². The zero-order valence-corrected chi connectivity index (χ0v) is 24.4. The van der Waals surface area contributed by atoms with Gasteiger partial charge in [-0.15, -0.1) is 0 Å². The van der Waals surface area contributed by atoms with Gasteiger partial charge in [-0.2, -0.15) is 0 Å². The number of fused-ring (bicyclic) bond motifs is 1. The molecule has 4 rings (SSSR count). The highest BCUT2D eigenvalue weighted by atomic mass is 16.5. The number of carbonyl (C=O) groups excluding carboxylic acids is 2. The maximum absolute atomic E-state index is 13.8. The monoisotopic (exact) mass is 547 g/mol. The molecule has 0 atom stereocenters. The van der Waals surface area contributed by atoms with Crippen molar-refractivity contribution in [2.45, 2.75) is 83.7 Å². The van der Waals surface area contributed by atoms with Crippen LogP contribution < -0.4 is 9.47 Å². The molecule has 1 aromatic heterocycles. The summed E-state index contributed by atoms with van der Waals surface area (Å²) in [5.74, 6) is 1.40.